The van der Waals surface area contributed by atoms with E-state index in [1.807, 2.05) is 0 Å². The second-order valence-electron chi connectivity index (χ2n) is 13.4. The molecule has 0 N–H and O–H groups in total. The Morgan fingerprint density at radius 3 is 1.13 bits per heavy atom. The molecule has 0 saturated heterocycles. The molecule has 0 amide bonds. The van der Waals surface area contributed by atoms with Gasteiger partial charge in [0.2, 0.25) is 0 Å². The van der Waals surface area contributed by atoms with Gasteiger partial charge in [0.05, 0.1) is 0 Å². The van der Waals surface area contributed by atoms with Crippen molar-refractivity contribution in [3.05, 3.63) is 180 Å². The molecule has 0 fully saturated rings. The molecule has 0 atom stereocenters. The predicted octanol–water partition coefficient (Wildman–Crippen LogP) is 15.7. The van der Waals surface area contributed by atoms with E-state index in [4.69, 9.17) is 17.0 Å². The summed E-state index contributed by atoms with van der Waals surface area (Å²) in [4.78, 5) is 0. The van der Waals surface area contributed by atoms with Crippen LogP contribution in [-0.4, -0.2) is 9.52 Å². The zero-order valence-corrected chi connectivity index (χ0v) is 37.2. The van der Waals surface area contributed by atoms with E-state index in [2.05, 4.69) is 199 Å². The molecule has 4 heteroatoms. The van der Waals surface area contributed by atoms with Crippen LogP contribution in [0, 0.1) is 13.8 Å². The first-order valence-corrected chi connectivity index (χ1v) is 26.9. The third-order valence-electron chi connectivity index (χ3n) is 9.57. The van der Waals surface area contributed by atoms with E-state index in [0.717, 1.165) is 22.4 Å². The summed E-state index contributed by atoms with van der Waals surface area (Å²) in [6.45, 7) is 13.1. The Morgan fingerprint density at radius 2 is 0.796 bits per heavy atom. The number of halogens is 2. The Morgan fingerprint density at radius 1 is 0.481 bits per heavy atom. The summed E-state index contributed by atoms with van der Waals surface area (Å²) in [6, 6.07) is 57.2. The fourth-order valence-electron chi connectivity index (χ4n) is 7.32. The summed E-state index contributed by atoms with van der Waals surface area (Å²) in [5.74, 6) is 0. The third kappa shape index (κ3) is 9.90. The molecular weight excluding hydrogens is 791 g/mol. The Balaban J connectivity index is 0.000000182. The molecule has 8 aromatic carbocycles. The molecule has 0 saturated carbocycles. The number of aryl methyl sites for hydroxylation is 4. The summed E-state index contributed by atoms with van der Waals surface area (Å²) < 4.78 is 0. The fourth-order valence-corrected chi connectivity index (χ4v) is 7.32. The Kier molecular flexibility index (Phi) is 15.9. The van der Waals surface area contributed by atoms with Gasteiger partial charge in [0.15, 0.2) is 0 Å². The standard InChI is InChI=1S/2C24H21.C2H6Si.2ClH.Zr/c2*1-3-18-13-14-20-15-17(2)16-23(20)24(18)22-12-8-7-11-21(22)19-9-5-4-6-10-19;1-3-2;;;/h2*4-16H,3H2,1-2H3;1-2H3;2*1H;/q2*-1;;;;+4/p-2. The van der Waals surface area contributed by atoms with Crippen molar-refractivity contribution in [3.8, 4) is 44.5 Å². The summed E-state index contributed by atoms with van der Waals surface area (Å²) in [5, 5.41) is 5.41. The number of hydrogen-bond donors (Lipinski definition) is 0. The summed E-state index contributed by atoms with van der Waals surface area (Å²) in [5.41, 5.74) is 16.1. The van der Waals surface area contributed by atoms with Crippen LogP contribution in [0.15, 0.2) is 158 Å². The van der Waals surface area contributed by atoms with Crippen LogP contribution in [0.2, 0.25) is 13.1 Å². The number of fused-ring (bicyclic) bond motifs is 2. The zero-order valence-electron chi connectivity index (χ0n) is 32.2. The zero-order chi connectivity index (χ0) is 38.5. The molecule has 8 rings (SSSR count). The molecule has 0 spiro atoms. The van der Waals surface area contributed by atoms with E-state index in [-0.39, 0.29) is 0 Å². The van der Waals surface area contributed by atoms with Crippen molar-refractivity contribution < 1.29 is 20.8 Å². The number of benzene rings is 6. The monoisotopic (exact) mass is 836 g/mol. The van der Waals surface area contributed by atoms with Crippen LogP contribution in [0.1, 0.15) is 36.1 Å². The van der Waals surface area contributed by atoms with Crippen LogP contribution >= 0.6 is 17.0 Å². The van der Waals surface area contributed by atoms with Gasteiger partial charge >= 0.3 is 37.9 Å². The first kappa shape index (κ1) is 41.4. The SMILES string of the molecule is CCc1ccc2[cH-]c(C)cc2c1-c1ccccc1-c1ccccc1.CCc1ccc2[cH-]c(C)cc2c1-c1ccccc1-c1ccccc1.C[Si]C.[Cl][Zr+2][Cl]. The normalized spacial score (nSPS) is 10.4. The molecule has 8 aromatic rings. The van der Waals surface area contributed by atoms with Crippen LogP contribution in [0.4, 0.5) is 0 Å². The van der Waals surface area contributed by atoms with E-state index in [0.29, 0.717) is 0 Å². The van der Waals surface area contributed by atoms with Gasteiger partial charge in [0.1, 0.15) is 0 Å². The minimum atomic E-state index is -0.826. The topological polar surface area (TPSA) is 0 Å². The molecule has 0 aromatic heterocycles. The van der Waals surface area contributed by atoms with E-state index >= 15 is 0 Å². The van der Waals surface area contributed by atoms with Crippen LogP contribution in [0.25, 0.3) is 66.1 Å². The van der Waals surface area contributed by atoms with E-state index in [9.17, 15) is 0 Å². The average Bonchev–Trinajstić information content (AvgIpc) is 3.79. The molecular formula is C50H48Cl2SiZr. The second kappa shape index (κ2) is 20.8. The Hall–Kier alpha value is -3.78. The molecule has 0 heterocycles. The van der Waals surface area contributed by atoms with Crippen molar-refractivity contribution >= 4 is 48.1 Å². The molecule has 0 aliphatic rings. The van der Waals surface area contributed by atoms with E-state index < -0.39 is 20.8 Å². The third-order valence-corrected chi connectivity index (χ3v) is 9.57. The van der Waals surface area contributed by atoms with E-state index in [1.54, 1.807) is 0 Å². The van der Waals surface area contributed by atoms with Gasteiger partial charge < -0.3 is 0 Å². The van der Waals surface area contributed by atoms with Gasteiger partial charge in [0.25, 0.3) is 0 Å². The minimum absolute atomic E-state index is 0.826. The molecule has 0 nitrogen and oxygen atoms in total. The van der Waals surface area contributed by atoms with Gasteiger partial charge in [0, 0.05) is 9.52 Å². The molecule has 0 aliphatic heterocycles. The van der Waals surface area contributed by atoms with Gasteiger partial charge in [-0.3, -0.25) is 0 Å². The Labute approximate surface area is 344 Å². The molecule has 54 heavy (non-hydrogen) atoms. The molecule has 0 bridgehead atoms. The van der Waals surface area contributed by atoms with Gasteiger partial charge in [-0.1, -0.05) is 172 Å². The van der Waals surface area contributed by atoms with Crippen molar-refractivity contribution in [1.29, 1.82) is 0 Å². The van der Waals surface area contributed by atoms with Crippen LogP contribution in [-0.2, 0) is 33.7 Å². The van der Waals surface area contributed by atoms with E-state index in [1.165, 1.54) is 88.3 Å². The molecule has 0 unspecified atom stereocenters. The molecule has 0 aliphatic carbocycles. The van der Waals surface area contributed by atoms with Gasteiger partial charge in [-0.15, -0.1) is 69.1 Å². The van der Waals surface area contributed by atoms with Gasteiger partial charge in [-0.05, 0) is 46.2 Å². The van der Waals surface area contributed by atoms with Crippen molar-refractivity contribution in [3.63, 3.8) is 0 Å². The van der Waals surface area contributed by atoms with Crippen molar-refractivity contribution in [2.45, 2.75) is 53.6 Å². The second-order valence-corrected chi connectivity index (χ2v) is 18.1. The summed E-state index contributed by atoms with van der Waals surface area (Å²) in [7, 11) is 11.0. The van der Waals surface area contributed by atoms with Crippen molar-refractivity contribution in [1.82, 2.24) is 0 Å². The van der Waals surface area contributed by atoms with Crippen LogP contribution in [0.3, 0.4) is 0 Å². The Bertz CT molecular complexity index is 2200. The van der Waals surface area contributed by atoms with Gasteiger partial charge in [-0.2, -0.15) is 12.1 Å². The van der Waals surface area contributed by atoms with Crippen LogP contribution < -0.4 is 0 Å². The molecule has 2 radical (unpaired) electrons. The maximum atomic E-state index is 4.93. The fraction of sp³-hybridized carbons (Fsp3) is 0.160. The number of hydrogen-bond acceptors (Lipinski definition) is 0. The van der Waals surface area contributed by atoms with Crippen molar-refractivity contribution in [2.24, 2.45) is 0 Å². The number of rotatable bonds is 6. The summed E-state index contributed by atoms with van der Waals surface area (Å²) >= 11 is -0.826. The maximum absolute atomic E-state index is 4.93. The average molecular weight is 839 g/mol. The first-order valence-electron chi connectivity index (χ1n) is 18.6. The van der Waals surface area contributed by atoms with Gasteiger partial charge in [-0.25, -0.2) is 0 Å². The molecule has 270 valence electrons. The predicted molar refractivity (Wildman–Crippen MR) is 238 cm³/mol. The quantitative estimate of drug-likeness (QED) is 0.116. The summed E-state index contributed by atoms with van der Waals surface area (Å²) in [6.07, 6.45) is 2.08. The van der Waals surface area contributed by atoms with Crippen molar-refractivity contribution in [2.75, 3.05) is 0 Å². The van der Waals surface area contributed by atoms with Crippen LogP contribution in [0.5, 0.6) is 0 Å². The first-order chi connectivity index (χ1) is 26.4.